The molecule has 3 heterocycles. The Morgan fingerprint density at radius 3 is 2.52 bits per heavy atom. The Balaban J connectivity index is 1.78. The molecule has 33 heavy (non-hydrogen) atoms. The average Bonchev–Trinajstić information content (AvgIpc) is 3.51. The molecule has 1 fully saturated rings. The fraction of sp³-hybridized carbons (Fsp3) is 0.231. The minimum absolute atomic E-state index is 0.241. The molecule has 0 unspecified atom stereocenters. The molecule has 0 spiro atoms. The molecule has 0 saturated heterocycles. The van der Waals surface area contributed by atoms with Gasteiger partial charge in [-0.1, -0.05) is 43.2 Å². The summed E-state index contributed by atoms with van der Waals surface area (Å²) in [4.78, 5) is 9.28. The van der Waals surface area contributed by atoms with Gasteiger partial charge in [0.2, 0.25) is 0 Å². The second kappa shape index (κ2) is 9.15. The van der Waals surface area contributed by atoms with Gasteiger partial charge in [0.05, 0.1) is 15.6 Å². The minimum atomic E-state index is -3.86. The molecule has 0 bridgehead atoms. The van der Waals surface area contributed by atoms with Crippen molar-refractivity contribution in [1.82, 2.24) is 13.9 Å². The van der Waals surface area contributed by atoms with E-state index in [0.29, 0.717) is 17.3 Å². The van der Waals surface area contributed by atoms with Crippen LogP contribution in [0.5, 0.6) is 0 Å². The Bertz CT molecular complexity index is 1400. The van der Waals surface area contributed by atoms with Gasteiger partial charge in [-0.15, -0.1) is 11.8 Å². The standard InChI is InChI=1S/C26H25N3O2S2/c1-32-25-14-13-21(18-28-25)23(16-19-8-5-6-9-19)24-17-20-10-7-15-27-26(20)29(24)33(30,31)22-11-3-2-4-12-22/h2-4,7,10-19H,5-6,8-9H2,1H3. The lowest BCUT2D eigenvalue weighted by atomic mass is 9.97. The highest BCUT2D eigenvalue weighted by atomic mass is 32.2. The first-order chi connectivity index (χ1) is 16.1. The zero-order valence-corrected chi connectivity index (χ0v) is 20.0. The molecule has 5 rings (SSSR count). The maximum Gasteiger partial charge on any atom is 0.269 e. The smallest absolute Gasteiger partial charge is 0.249 e. The van der Waals surface area contributed by atoms with Crippen molar-refractivity contribution in [3.8, 4) is 0 Å². The van der Waals surface area contributed by atoms with E-state index >= 15 is 0 Å². The molecule has 0 N–H and O–H groups in total. The number of fused-ring (bicyclic) bond motifs is 1. The largest absolute Gasteiger partial charge is 0.269 e. The van der Waals surface area contributed by atoms with Crippen molar-refractivity contribution in [3.63, 3.8) is 0 Å². The highest BCUT2D eigenvalue weighted by Crippen LogP contribution is 2.36. The normalized spacial score (nSPS) is 15.4. The van der Waals surface area contributed by atoms with Gasteiger partial charge in [-0.05, 0) is 61.4 Å². The van der Waals surface area contributed by atoms with Gasteiger partial charge in [0.1, 0.15) is 0 Å². The lowest BCUT2D eigenvalue weighted by Crippen LogP contribution is -2.16. The summed E-state index contributed by atoms with van der Waals surface area (Å²) >= 11 is 1.58. The first-order valence-corrected chi connectivity index (χ1v) is 13.7. The van der Waals surface area contributed by atoms with Gasteiger partial charge in [-0.2, -0.15) is 0 Å². The zero-order valence-electron chi connectivity index (χ0n) is 18.4. The number of aromatic nitrogens is 3. The molecule has 0 aliphatic heterocycles. The second-order valence-electron chi connectivity index (χ2n) is 8.24. The molecule has 1 aliphatic carbocycles. The second-order valence-corrected chi connectivity index (χ2v) is 10.9. The maximum atomic E-state index is 13.9. The minimum Gasteiger partial charge on any atom is -0.249 e. The third-order valence-electron chi connectivity index (χ3n) is 6.14. The van der Waals surface area contributed by atoms with Gasteiger partial charge in [0.25, 0.3) is 10.0 Å². The topological polar surface area (TPSA) is 64.8 Å². The van der Waals surface area contributed by atoms with Crippen molar-refractivity contribution >= 4 is 38.4 Å². The van der Waals surface area contributed by atoms with Crippen molar-refractivity contribution in [1.29, 1.82) is 0 Å². The van der Waals surface area contributed by atoms with Gasteiger partial charge in [0.15, 0.2) is 5.65 Å². The SMILES string of the molecule is CSc1ccc(C(=CC2CCCC2)c2cc3cccnc3n2S(=O)(=O)c2ccccc2)cn1. The predicted octanol–water partition coefficient (Wildman–Crippen LogP) is 6.01. The summed E-state index contributed by atoms with van der Waals surface area (Å²) in [6.07, 6.45) is 12.3. The van der Waals surface area contributed by atoms with Gasteiger partial charge >= 0.3 is 0 Å². The number of thioether (sulfide) groups is 1. The Morgan fingerprint density at radius 1 is 1.03 bits per heavy atom. The van der Waals surface area contributed by atoms with Crippen LogP contribution in [0.15, 0.2) is 89.1 Å². The van der Waals surface area contributed by atoms with E-state index in [4.69, 9.17) is 0 Å². The van der Waals surface area contributed by atoms with Crippen molar-refractivity contribution in [3.05, 3.63) is 90.4 Å². The number of benzene rings is 1. The quantitative estimate of drug-likeness (QED) is 0.319. The summed E-state index contributed by atoms with van der Waals surface area (Å²) in [5.41, 5.74) is 2.85. The van der Waals surface area contributed by atoms with Crippen LogP contribution < -0.4 is 0 Å². The van der Waals surface area contributed by atoms with Crippen molar-refractivity contribution in [2.45, 2.75) is 35.6 Å². The summed E-state index contributed by atoms with van der Waals surface area (Å²) in [5, 5.41) is 1.72. The van der Waals surface area contributed by atoms with Gasteiger partial charge in [-0.3, -0.25) is 0 Å². The van der Waals surface area contributed by atoms with Crippen LogP contribution in [0, 0.1) is 5.92 Å². The highest BCUT2D eigenvalue weighted by Gasteiger charge is 2.27. The van der Waals surface area contributed by atoms with E-state index in [1.54, 1.807) is 42.2 Å². The van der Waals surface area contributed by atoms with Gasteiger partial charge in [-0.25, -0.2) is 22.4 Å². The van der Waals surface area contributed by atoms with E-state index in [1.165, 1.54) is 16.8 Å². The molecule has 4 aromatic rings. The number of allylic oxidation sites excluding steroid dienone is 1. The summed E-state index contributed by atoms with van der Waals surface area (Å²) in [6, 6.07) is 18.3. The molecule has 5 nitrogen and oxygen atoms in total. The Hall–Kier alpha value is -2.90. The summed E-state index contributed by atoms with van der Waals surface area (Å²) in [7, 11) is -3.86. The number of hydrogen-bond acceptors (Lipinski definition) is 5. The predicted molar refractivity (Wildman–Crippen MR) is 134 cm³/mol. The Labute approximate surface area is 198 Å². The third-order valence-corrected chi connectivity index (χ3v) is 8.51. The van der Waals surface area contributed by atoms with E-state index in [2.05, 4.69) is 16.0 Å². The van der Waals surface area contributed by atoms with E-state index < -0.39 is 10.0 Å². The Kier molecular flexibility index (Phi) is 6.08. The number of pyridine rings is 2. The van der Waals surface area contributed by atoms with E-state index in [9.17, 15) is 8.42 Å². The molecule has 168 valence electrons. The molecular formula is C26H25N3O2S2. The van der Waals surface area contributed by atoms with Crippen LogP contribution in [-0.4, -0.2) is 28.6 Å². The number of rotatable bonds is 6. The van der Waals surface area contributed by atoms with E-state index in [0.717, 1.165) is 34.4 Å². The van der Waals surface area contributed by atoms with Crippen LogP contribution in [0.3, 0.4) is 0 Å². The molecule has 0 atom stereocenters. The van der Waals surface area contributed by atoms with E-state index in [-0.39, 0.29) is 4.90 Å². The lowest BCUT2D eigenvalue weighted by Gasteiger charge is -2.16. The fourth-order valence-electron chi connectivity index (χ4n) is 4.49. The monoisotopic (exact) mass is 475 g/mol. The first kappa shape index (κ1) is 21.9. The molecule has 7 heteroatoms. The molecule has 1 aromatic carbocycles. The van der Waals surface area contributed by atoms with Gasteiger partial charge in [0, 0.05) is 28.9 Å². The van der Waals surface area contributed by atoms with E-state index in [1.807, 2.05) is 48.9 Å². The molecule has 0 amide bonds. The van der Waals surface area contributed by atoms with Crippen LogP contribution in [0.4, 0.5) is 0 Å². The number of hydrogen-bond donors (Lipinski definition) is 0. The summed E-state index contributed by atoms with van der Waals surface area (Å²) < 4.78 is 29.2. The van der Waals surface area contributed by atoms with Gasteiger partial charge < -0.3 is 0 Å². The molecule has 3 aromatic heterocycles. The Morgan fingerprint density at radius 2 is 1.82 bits per heavy atom. The molecule has 1 aliphatic rings. The molecule has 0 radical (unpaired) electrons. The van der Waals surface area contributed by atoms with Crippen molar-refractivity contribution < 1.29 is 8.42 Å². The lowest BCUT2D eigenvalue weighted by molar-refractivity contribution is 0.588. The van der Waals surface area contributed by atoms with Crippen molar-refractivity contribution in [2.75, 3.05) is 6.26 Å². The van der Waals surface area contributed by atoms with Crippen LogP contribution in [0.25, 0.3) is 16.6 Å². The van der Waals surface area contributed by atoms with Crippen LogP contribution >= 0.6 is 11.8 Å². The molecular weight excluding hydrogens is 450 g/mol. The number of nitrogens with zero attached hydrogens (tertiary/aromatic N) is 3. The zero-order chi connectivity index (χ0) is 22.8. The third kappa shape index (κ3) is 4.23. The van der Waals surface area contributed by atoms with Crippen LogP contribution in [-0.2, 0) is 10.0 Å². The van der Waals surface area contributed by atoms with Crippen molar-refractivity contribution in [2.24, 2.45) is 5.92 Å². The maximum absolute atomic E-state index is 13.9. The summed E-state index contributed by atoms with van der Waals surface area (Å²) in [6.45, 7) is 0. The average molecular weight is 476 g/mol. The first-order valence-electron chi connectivity index (χ1n) is 11.1. The fourth-order valence-corrected chi connectivity index (χ4v) is 6.35. The van der Waals surface area contributed by atoms with Crippen LogP contribution in [0.1, 0.15) is 36.9 Å². The summed E-state index contributed by atoms with van der Waals surface area (Å²) in [5.74, 6) is 0.416. The van der Waals surface area contributed by atoms with Crippen LogP contribution in [0.2, 0.25) is 0 Å². The molecule has 1 saturated carbocycles. The highest BCUT2D eigenvalue weighted by molar-refractivity contribution is 7.98.